The number of carbonyl (C=O) groups is 2. The van der Waals surface area contributed by atoms with Gasteiger partial charge in [0.05, 0.1) is 13.4 Å². The van der Waals surface area contributed by atoms with Gasteiger partial charge in [0, 0.05) is 18.5 Å². The Hall–Kier alpha value is -4.40. The summed E-state index contributed by atoms with van der Waals surface area (Å²) < 4.78 is 21.2. The van der Waals surface area contributed by atoms with Crippen LogP contribution in [0.5, 0.6) is 5.75 Å². The van der Waals surface area contributed by atoms with E-state index in [1.807, 2.05) is 42.5 Å². The number of carbonyl (C=O) groups excluding carboxylic acids is 2. The first kappa shape index (κ1) is 21.4. The van der Waals surface area contributed by atoms with E-state index in [1.165, 1.54) is 11.2 Å². The largest absolute Gasteiger partial charge is 0.497 e. The van der Waals surface area contributed by atoms with Gasteiger partial charge < -0.3 is 23.3 Å². The molecule has 0 saturated heterocycles. The second kappa shape index (κ2) is 9.22. The van der Waals surface area contributed by atoms with Gasteiger partial charge in [-0.1, -0.05) is 41.6 Å². The third-order valence-corrected chi connectivity index (χ3v) is 5.65. The van der Waals surface area contributed by atoms with Crippen molar-refractivity contribution in [1.82, 2.24) is 15.0 Å². The molecule has 3 heterocycles. The van der Waals surface area contributed by atoms with Gasteiger partial charge in [0.25, 0.3) is 11.8 Å². The molecule has 5 rings (SSSR count). The van der Waals surface area contributed by atoms with E-state index in [-0.39, 0.29) is 30.7 Å². The number of fused-ring (bicyclic) bond motifs is 1. The average Bonchev–Trinajstić information content (AvgIpc) is 3.59. The smallest absolute Gasteiger partial charge is 0.329 e. The molecule has 2 aromatic carbocycles. The monoisotopic (exact) mass is 459 g/mol. The van der Waals surface area contributed by atoms with Crippen molar-refractivity contribution in [3.05, 3.63) is 89.7 Å². The molecular weight excluding hydrogens is 438 g/mol. The number of esters is 1. The molecular formula is C25H21N3O6. The molecule has 9 nitrogen and oxygen atoms in total. The lowest BCUT2D eigenvalue weighted by atomic mass is 9.93. The van der Waals surface area contributed by atoms with Crippen LogP contribution in [0.3, 0.4) is 0 Å². The summed E-state index contributed by atoms with van der Waals surface area (Å²) in [5.74, 6) is 0.388. The van der Waals surface area contributed by atoms with E-state index in [2.05, 4.69) is 10.1 Å². The van der Waals surface area contributed by atoms with Crippen LogP contribution in [-0.4, -0.2) is 40.1 Å². The van der Waals surface area contributed by atoms with Gasteiger partial charge in [-0.05, 0) is 35.4 Å². The maximum absolute atomic E-state index is 13.1. The summed E-state index contributed by atoms with van der Waals surface area (Å²) in [4.78, 5) is 31.9. The van der Waals surface area contributed by atoms with Crippen LogP contribution in [0, 0.1) is 0 Å². The Morgan fingerprint density at radius 2 is 1.94 bits per heavy atom. The molecule has 0 aliphatic carbocycles. The van der Waals surface area contributed by atoms with Crippen molar-refractivity contribution in [3.63, 3.8) is 0 Å². The normalized spacial score (nSPS) is 15.0. The van der Waals surface area contributed by atoms with Gasteiger partial charge >= 0.3 is 5.97 Å². The number of benzene rings is 2. The molecule has 34 heavy (non-hydrogen) atoms. The number of rotatable bonds is 6. The quantitative estimate of drug-likeness (QED) is 0.402. The predicted molar refractivity (Wildman–Crippen MR) is 119 cm³/mol. The fraction of sp³-hybridized carbons (Fsp3) is 0.200. The summed E-state index contributed by atoms with van der Waals surface area (Å²) in [5.41, 5.74) is 2.68. The number of amides is 1. The number of aromatic nitrogens is 2. The van der Waals surface area contributed by atoms with Crippen LogP contribution >= 0.6 is 0 Å². The maximum Gasteiger partial charge on any atom is 0.329 e. The molecule has 0 bridgehead atoms. The van der Waals surface area contributed by atoms with Crippen molar-refractivity contribution in [2.45, 2.75) is 25.6 Å². The number of nitrogens with zero attached hydrogens (tertiary/aromatic N) is 3. The number of methoxy groups -OCH3 is 1. The van der Waals surface area contributed by atoms with Crippen molar-refractivity contribution in [3.8, 4) is 17.1 Å². The van der Waals surface area contributed by atoms with E-state index in [0.717, 1.165) is 11.1 Å². The Morgan fingerprint density at radius 1 is 1.09 bits per heavy atom. The van der Waals surface area contributed by atoms with E-state index in [4.69, 9.17) is 18.4 Å². The molecule has 4 aromatic rings. The first-order valence-electron chi connectivity index (χ1n) is 10.7. The molecule has 1 amide bonds. The minimum absolute atomic E-state index is 0.145. The molecule has 9 heteroatoms. The number of hydrogen-bond acceptors (Lipinski definition) is 8. The highest BCUT2D eigenvalue weighted by Gasteiger charge is 2.37. The van der Waals surface area contributed by atoms with E-state index in [1.54, 1.807) is 25.3 Å². The van der Waals surface area contributed by atoms with Gasteiger partial charge in [-0.2, -0.15) is 4.98 Å². The molecule has 0 radical (unpaired) electrons. The van der Waals surface area contributed by atoms with Crippen LogP contribution in [0.4, 0.5) is 0 Å². The molecule has 1 aliphatic rings. The van der Waals surface area contributed by atoms with Crippen LogP contribution in [-0.2, 0) is 29.1 Å². The molecule has 1 atom stereocenters. The molecule has 0 unspecified atom stereocenters. The summed E-state index contributed by atoms with van der Waals surface area (Å²) in [5, 5.41) is 3.95. The highest BCUT2D eigenvalue weighted by Crippen LogP contribution is 2.26. The van der Waals surface area contributed by atoms with E-state index >= 15 is 0 Å². The van der Waals surface area contributed by atoms with Crippen molar-refractivity contribution in [2.75, 3.05) is 7.11 Å². The third-order valence-electron chi connectivity index (χ3n) is 5.65. The van der Waals surface area contributed by atoms with Gasteiger partial charge in [0.2, 0.25) is 5.82 Å². The Balaban J connectivity index is 1.31. The standard InChI is InChI=1S/C25H21N3O6/c1-31-19-9-4-8-17(12-19)23-26-22(34-27-23)15-33-25(30)20-13-16-6-2-3-7-18(16)14-28(20)24(29)21-10-5-11-32-21/h2-12,20H,13-15H2,1H3/t20-/m0/s1. The zero-order chi connectivity index (χ0) is 23.5. The summed E-state index contributed by atoms with van der Waals surface area (Å²) >= 11 is 0. The molecule has 0 spiro atoms. The zero-order valence-corrected chi connectivity index (χ0v) is 18.3. The van der Waals surface area contributed by atoms with E-state index in [9.17, 15) is 9.59 Å². The van der Waals surface area contributed by atoms with Gasteiger partial charge in [-0.25, -0.2) is 4.79 Å². The van der Waals surface area contributed by atoms with Crippen molar-refractivity contribution >= 4 is 11.9 Å². The van der Waals surface area contributed by atoms with Gasteiger partial charge in [0.15, 0.2) is 12.4 Å². The van der Waals surface area contributed by atoms with E-state index in [0.29, 0.717) is 23.6 Å². The SMILES string of the molecule is COc1cccc(-c2noc(COC(=O)[C@@H]3Cc4ccccc4CN3C(=O)c3ccco3)n2)c1. The van der Waals surface area contributed by atoms with Crippen LogP contribution in [0.25, 0.3) is 11.4 Å². The summed E-state index contributed by atoms with van der Waals surface area (Å²) in [6.45, 7) is 0.0623. The fourth-order valence-electron chi connectivity index (χ4n) is 3.91. The first-order valence-corrected chi connectivity index (χ1v) is 10.7. The Labute approximate surface area is 194 Å². The molecule has 0 N–H and O–H groups in total. The zero-order valence-electron chi connectivity index (χ0n) is 18.3. The van der Waals surface area contributed by atoms with Gasteiger partial charge in [-0.3, -0.25) is 4.79 Å². The maximum atomic E-state index is 13.1. The lowest BCUT2D eigenvalue weighted by molar-refractivity contribution is -0.151. The van der Waals surface area contributed by atoms with Crippen molar-refractivity contribution in [1.29, 1.82) is 0 Å². The molecule has 1 aliphatic heterocycles. The average molecular weight is 459 g/mol. The summed E-state index contributed by atoms with van der Waals surface area (Å²) in [6.07, 6.45) is 1.76. The lowest BCUT2D eigenvalue weighted by Gasteiger charge is -2.34. The minimum atomic E-state index is -0.812. The Bertz CT molecular complexity index is 1310. The first-order chi connectivity index (χ1) is 16.6. The number of furan rings is 1. The number of hydrogen-bond donors (Lipinski definition) is 0. The van der Waals surface area contributed by atoms with Crippen molar-refractivity contribution in [2.24, 2.45) is 0 Å². The van der Waals surface area contributed by atoms with Gasteiger partial charge in [0.1, 0.15) is 11.8 Å². The van der Waals surface area contributed by atoms with Crippen LogP contribution in [0.1, 0.15) is 27.6 Å². The van der Waals surface area contributed by atoms with Crippen molar-refractivity contribution < 1.29 is 28.0 Å². The van der Waals surface area contributed by atoms with Crippen LogP contribution in [0.15, 0.2) is 75.9 Å². The second-order valence-corrected chi connectivity index (χ2v) is 7.75. The van der Waals surface area contributed by atoms with E-state index < -0.39 is 12.0 Å². The fourth-order valence-corrected chi connectivity index (χ4v) is 3.91. The van der Waals surface area contributed by atoms with Crippen LogP contribution in [0.2, 0.25) is 0 Å². The number of ether oxygens (including phenoxy) is 2. The Kier molecular flexibility index (Phi) is 5.82. The minimum Gasteiger partial charge on any atom is -0.497 e. The lowest BCUT2D eigenvalue weighted by Crippen LogP contribution is -2.49. The molecule has 0 saturated carbocycles. The Morgan fingerprint density at radius 3 is 2.74 bits per heavy atom. The topological polar surface area (TPSA) is 108 Å². The predicted octanol–water partition coefficient (Wildman–Crippen LogP) is 3.65. The van der Waals surface area contributed by atoms with Crippen LogP contribution < -0.4 is 4.74 Å². The highest BCUT2D eigenvalue weighted by atomic mass is 16.6. The molecule has 2 aromatic heterocycles. The second-order valence-electron chi connectivity index (χ2n) is 7.75. The molecule has 172 valence electrons. The summed E-state index contributed by atoms with van der Waals surface area (Å²) in [7, 11) is 1.57. The highest BCUT2D eigenvalue weighted by molar-refractivity contribution is 5.95. The third kappa shape index (κ3) is 4.27. The van der Waals surface area contributed by atoms with Gasteiger partial charge in [-0.15, -0.1) is 0 Å². The summed E-state index contributed by atoms with van der Waals surface area (Å²) in [6, 6.07) is 17.3. The molecule has 0 fully saturated rings.